The summed E-state index contributed by atoms with van der Waals surface area (Å²) in [6, 6.07) is 19.0. The lowest BCUT2D eigenvalue weighted by Gasteiger charge is -2.30. The molecule has 0 spiro atoms. The van der Waals surface area contributed by atoms with E-state index in [0.717, 1.165) is 36.8 Å². The molecule has 0 amide bonds. The average Bonchev–Trinajstić information content (AvgIpc) is 3.24. The van der Waals surface area contributed by atoms with Crippen molar-refractivity contribution in [3.05, 3.63) is 78.6 Å². The topological polar surface area (TPSA) is 72.0 Å². The number of hydrogen-bond acceptors (Lipinski definition) is 4. The Hall–Kier alpha value is -2.57. The summed E-state index contributed by atoms with van der Waals surface area (Å²) < 4.78 is 28.6. The number of aromatic nitrogens is 2. The van der Waals surface area contributed by atoms with E-state index in [0.29, 0.717) is 6.54 Å². The Morgan fingerprint density at radius 1 is 0.857 bits per heavy atom. The summed E-state index contributed by atoms with van der Waals surface area (Å²) in [4.78, 5) is 0.277. The number of benzene rings is 2. The summed E-state index contributed by atoms with van der Waals surface area (Å²) in [5.41, 5.74) is 2.92. The molecule has 0 atom stereocenters. The van der Waals surface area contributed by atoms with E-state index in [-0.39, 0.29) is 10.3 Å². The molecular formula is C22H23N3O2S. The molecule has 0 aliphatic heterocycles. The summed E-state index contributed by atoms with van der Waals surface area (Å²) in [6.45, 7) is 0.426. The third kappa shape index (κ3) is 3.84. The second-order valence-electron chi connectivity index (χ2n) is 7.33. The van der Waals surface area contributed by atoms with Crippen LogP contribution in [0.4, 0.5) is 0 Å². The minimum Gasteiger partial charge on any atom is -0.210 e. The Labute approximate surface area is 165 Å². The quantitative estimate of drug-likeness (QED) is 0.689. The predicted octanol–water partition coefficient (Wildman–Crippen LogP) is 3.93. The number of sulfonamides is 1. The normalized spacial score (nSPS) is 16.1. The van der Waals surface area contributed by atoms with Crippen LogP contribution in [0, 0.1) is 0 Å². The Kier molecular flexibility index (Phi) is 5.24. The molecular weight excluding hydrogens is 370 g/mol. The molecule has 1 N–H and O–H groups in total. The first-order valence-electron chi connectivity index (χ1n) is 9.51. The van der Waals surface area contributed by atoms with E-state index in [1.165, 1.54) is 5.56 Å². The van der Waals surface area contributed by atoms with Crippen LogP contribution in [0.2, 0.25) is 0 Å². The van der Waals surface area contributed by atoms with Crippen molar-refractivity contribution in [3.63, 3.8) is 0 Å². The highest BCUT2D eigenvalue weighted by molar-refractivity contribution is 7.89. The van der Waals surface area contributed by atoms with Gasteiger partial charge in [0.1, 0.15) is 0 Å². The molecule has 4 rings (SSSR count). The first-order valence-corrected chi connectivity index (χ1v) is 11.0. The van der Waals surface area contributed by atoms with E-state index in [9.17, 15) is 8.42 Å². The Morgan fingerprint density at radius 2 is 1.57 bits per heavy atom. The summed E-state index contributed by atoms with van der Waals surface area (Å²) in [5.74, 6) is 0. The van der Waals surface area contributed by atoms with Gasteiger partial charge in [0, 0.05) is 17.5 Å². The highest BCUT2D eigenvalue weighted by Crippen LogP contribution is 2.40. The summed E-state index contributed by atoms with van der Waals surface area (Å²) in [7, 11) is -3.57. The molecule has 3 aromatic rings. The van der Waals surface area contributed by atoms with Gasteiger partial charge in [-0.1, -0.05) is 55.3 Å². The van der Waals surface area contributed by atoms with Gasteiger partial charge in [0.2, 0.25) is 10.0 Å². The minimum atomic E-state index is -3.57. The van der Waals surface area contributed by atoms with Crippen molar-refractivity contribution in [1.82, 2.24) is 14.9 Å². The molecule has 1 aliphatic carbocycles. The maximum atomic E-state index is 12.9. The molecule has 1 saturated carbocycles. The van der Waals surface area contributed by atoms with E-state index < -0.39 is 10.0 Å². The molecule has 0 bridgehead atoms. The van der Waals surface area contributed by atoms with E-state index in [4.69, 9.17) is 0 Å². The monoisotopic (exact) mass is 393 g/mol. The van der Waals surface area contributed by atoms with Crippen molar-refractivity contribution < 1.29 is 8.42 Å². The van der Waals surface area contributed by atoms with Crippen molar-refractivity contribution >= 4 is 10.0 Å². The van der Waals surface area contributed by atoms with E-state index in [1.54, 1.807) is 36.7 Å². The van der Waals surface area contributed by atoms with Gasteiger partial charge in [-0.2, -0.15) is 10.2 Å². The van der Waals surface area contributed by atoms with Crippen molar-refractivity contribution in [2.75, 3.05) is 6.54 Å². The van der Waals surface area contributed by atoms with Gasteiger partial charge in [0.15, 0.2) is 0 Å². The van der Waals surface area contributed by atoms with Gasteiger partial charge >= 0.3 is 0 Å². The molecule has 6 heteroatoms. The fourth-order valence-electron chi connectivity index (χ4n) is 4.02. The zero-order chi connectivity index (χ0) is 19.5. The van der Waals surface area contributed by atoms with Crippen molar-refractivity contribution in [3.8, 4) is 11.1 Å². The fourth-order valence-corrected chi connectivity index (χ4v) is 5.14. The largest absolute Gasteiger partial charge is 0.240 e. The number of rotatable bonds is 6. The van der Waals surface area contributed by atoms with E-state index >= 15 is 0 Å². The van der Waals surface area contributed by atoms with Crippen LogP contribution in [0.3, 0.4) is 0 Å². The molecule has 1 aliphatic rings. The van der Waals surface area contributed by atoms with Gasteiger partial charge in [-0.25, -0.2) is 13.1 Å². The first-order chi connectivity index (χ1) is 13.6. The predicted molar refractivity (Wildman–Crippen MR) is 109 cm³/mol. The maximum absolute atomic E-state index is 12.9. The number of hydrogen-bond donors (Lipinski definition) is 1. The zero-order valence-electron chi connectivity index (χ0n) is 15.6. The Bertz CT molecular complexity index is 1010. The van der Waals surface area contributed by atoms with Crippen LogP contribution in [-0.4, -0.2) is 25.2 Å². The summed E-state index contributed by atoms with van der Waals surface area (Å²) >= 11 is 0. The van der Waals surface area contributed by atoms with Crippen LogP contribution in [0.5, 0.6) is 0 Å². The maximum Gasteiger partial charge on any atom is 0.240 e. The van der Waals surface area contributed by atoms with Crippen LogP contribution in [-0.2, 0) is 15.4 Å². The van der Waals surface area contributed by atoms with E-state index in [1.807, 2.05) is 24.3 Å². The number of nitrogens with one attached hydrogen (secondary N) is 1. The summed E-state index contributed by atoms with van der Waals surface area (Å²) in [5, 5.41) is 7.63. The second-order valence-corrected chi connectivity index (χ2v) is 9.10. The highest BCUT2D eigenvalue weighted by Gasteiger charge is 2.36. The van der Waals surface area contributed by atoms with Gasteiger partial charge in [-0.05, 0) is 42.2 Å². The van der Waals surface area contributed by atoms with Crippen LogP contribution >= 0.6 is 0 Å². The average molecular weight is 394 g/mol. The standard InChI is InChI=1S/C22H23N3O2S/c26-28(27,21-10-8-18(9-11-21)19-12-15-23-24-16-19)25-17-22(13-4-5-14-22)20-6-2-1-3-7-20/h1-3,6-12,15-16,25H,4-5,13-14,17H2. The van der Waals surface area contributed by atoms with Gasteiger partial charge in [-0.15, -0.1) is 0 Å². The van der Waals surface area contributed by atoms with Crippen LogP contribution in [0.25, 0.3) is 11.1 Å². The molecule has 1 aromatic heterocycles. The molecule has 1 fully saturated rings. The lowest BCUT2D eigenvalue weighted by molar-refractivity contribution is 0.432. The Morgan fingerprint density at radius 3 is 2.21 bits per heavy atom. The zero-order valence-corrected chi connectivity index (χ0v) is 16.4. The SMILES string of the molecule is O=S(=O)(NCC1(c2ccccc2)CCCC1)c1ccc(-c2ccnnc2)cc1. The van der Waals surface area contributed by atoms with Crippen LogP contribution in [0.15, 0.2) is 78.0 Å². The minimum absolute atomic E-state index is 0.114. The van der Waals surface area contributed by atoms with Crippen molar-refractivity contribution in [2.24, 2.45) is 0 Å². The molecule has 28 heavy (non-hydrogen) atoms. The third-order valence-electron chi connectivity index (χ3n) is 5.63. The molecule has 0 radical (unpaired) electrons. The molecule has 144 valence electrons. The molecule has 1 heterocycles. The number of nitrogens with zero attached hydrogens (tertiary/aromatic N) is 2. The first kappa shape index (κ1) is 18.8. The van der Waals surface area contributed by atoms with Crippen LogP contribution in [0.1, 0.15) is 31.2 Å². The van der Waals surface area contributed by atoms with Crippen LogP contribution < -0.4 is 4.72 Å². The molecule has 5 nitrogen and oxygen atoms in total. The van der Waals surface area contributed by atoms with Gasteiger partial charge < -0.3 is 0 Å². The fraction of sp³-hybridized carbons (Fsp3) is 0.273. The molecule has 2 aromatic carbocycles. The highest BCUT2D eigenvalue weighted by atomic mass is 32.2. The van der Waals surface area contributed by atoms with Crippen molar-refractivity contribution in [2.45, 2.75) is 36.0 Å². The second kappa shape index (κ2) is 7.81. The lowest BCUT2D eigenvalue weighted by atomic mass is 9.79. The van der Waals surface area contributed by atoms with Gasteiger partial charge in [0.05, 0.1) is 17.3 Å². The van der Waals surface area contributed by atoms with Gasteiger partial charge in [-0.3, -0.25) is 0 Å². The van der Waals surface area contributed by atoms with E-state index in [2.05, 4.69) is 27.1 Å². The third-order valence-corrected chi connectivity index (χ3v) is 7.05. The lowest BCUT2D eigenvalue weighted by Crippen LogP contribution is -2.39. The smallest absolute Gasteiger partial charge is 0.210 e. The Balaban J connectivity index is 1.52. The molecule has 0 saturated heterocycles. The molecule has 0 unspecified atom stereocenters. The summed E-state index contributed by atoms with van der Waals surface area (Å²) in [6.07, 6.45) is 7.55. The van der Waals surface area contributed by atoms with Crippen molar-refractivity contribution in [1.29, 1.82) is 0 Å². The van der Waals surface area contributed by atoms with Gasteiger partial charge in [0.25, 0.3) is 0 Å².